The second-order valence-electron chi connectivity index (χ2n) is 8.05. The van der Waals surface area contributed by atoms with Crippen LogP contribution >= 0.6 is 22.6 Å². The molecule has 1 aliphatic rings. The number of carbonyl (C=O) groups is 1. The number of hydrogen-bond acceptors (Lipinski definition) is 4. The molecular formula is C21H18F8IN3O2. The fourth-order valence-corrected chi connectivity index (χ4v) is 3.83. The Kier molecular flexibility index (Phi) is 7.86. The second-order valence-corrected chi connectivity index (χ2v) is 9.29. The fraction of sp³-hybridized carbons (Fsp3) is 0.381. The first-order valence-electron chi connectivity index (χ1n) is 10.0. The number of amides is 1. The lowest BCUT2D eigenvalue weighted by Gasteiger charge is -2.46. The van der Waals surface area contributed by atoms with Crippen molar-refractivity contribution < 1.29 is 45.0 Å². The summed E-state index contributed by atoms with van der Waals surface area (Å²) in [5.41, 5.74) is -2.77. The van der Waals surface area contributed by atoms with Crippen LogP contribution in [0.5, 0.6) is 0 Å². The molecule has 1 heterocycles. The standard InChI is InChI=1S/C21H18F8IN3O2/c22-13-3-2-12(17(16(13)24)32-15-4-1-11(30)7-14(15)23)18(34)33-9-19(35,10-33)5-6-31-8-20(25,26)21(27,28)29/h1-4,7,31-32,35H,5-6,8-10H2. The van der Waals surface area contributed by atoms with Crippen molar-refractivity contribution in [1.82, 2.24) is 10.2 Å². The molecule has 0 radical (unpaired) electrons. The van der Waals surface area contributed by atoms with Gasteiger partial charge in [0.15, 0.2) is 11.6 Å². The van der Waals surface area contributed by atoms with Crippen molar-refractivity contribution in [2.24, 2.45) is 0 Å². The van der Waals surface area contributed by atoms with E-state index in [-0.39, 0.29) is 30.8 Å². The molecule has 3 rings (SSSR count). The smallest absolute Gasteiger partial charge is 0.386 e. The summed E-state index contributed by atoms with van der Waals surface area (Å²) in [7, 11) is 0. The number of alkyl halides is 5. The van der Waals surface area contributed by atoms with Gasteiger partial charge in [-0.2, -0.15) is 22.0 Å². The minimum atomic E-state index is -5.71. The van der Waals surface area contributed by atoms with E-state index >= 15 is 0 Å². The maximum atomic E-state index is 14.5. The number of likely N-dealkylation sites (tertiary alicyclic amines) is 1. The molecule has 1 amide bonds. The maximum absolute atomic E-state index is 14.5. The van der Waals surface area contributed by atoms with Crippen LogP contribution < -0.4 is 10.6 Å². The number of nitrogens with zero attached hydrogens (tertiary/aromatic N) is 1. The molecule has 1 saturated heterocycles. The average Bonchev–Trinajstić information content (AvgIpc) is 2.73. The Labute approximate surface area is 207 Å². The molecule has 0 aliphatic carbocycles. The minimum absolute atomic E-state index is 0.217. The zero-order chi connectivity index (χ0) is 26.2. The lowest BCUT2D eigenvalue weighted by molar-refractivity contribution is -0.279. The van der Waals surface area contributed by atoms with Crippen LogP contribution in [0.1, 0.15) is 16.8 Å². The molecule has 35 heavy (non-hydrogen) atoms. The molecule has 0 spiro atoms. The van der Waals surface area contributed by atoms with Crippen molar-refractivity contribution >= 4 is 39.9 Å². The van der Waals surface area contributed by atoms with Gasteiger partial charge in [-0.05, 0) is 65.9 Å². The van der Waals surface area contributed by atoms with Crippen molar-refractivity contribution in [2.75, 3.05) is 31.5 Å². The highest BCUT2D eigenvalue weighted by molar-refractivity contribution is 14.1. The van der Waals surface area contributed by atoms with Crippen LogP contribution in [0, 0.1) is 21.0 Å². The van der Waals surface area contributed by atoms with Gasteiger partial charge in [-0.3, -0.25) is 4.79 Å². The summed E-state index contributed by atoms with van der Waals surface area (Å²) >= 11 is 1.85. The van der Waals surface area contributed by atoms with E-state index in [0.29, 0.717) is 9.64 Å². The largest absolute Gasteiger partial charge is 0.454 e. The van der Waals surface area contributed by atoms with Gasteiger partial charge in [0, 0.05) is 3.57 Å². The van der Waals surface area contributed by atoms with Gasteiger partial charge in [-0.25, -0.2) is 13.2 Å². The molecule has 3 N–H and O–H groups in total. The Morgan fingerprint density at radius 2 is 1.71 bits per heavy atom. The van der Waals surface area contributed by atoms with E-state index in [0.717, 1.165) is 17.0 Å². The van der Waals surface area contributed by atoms with Crippen molar-refractivity contribution in [2.45, 2.75) is 24.1 Å². The van der Waals surface area contributed by atoms with E-state index in [1.54, 1.807) is 0 Å². The van der Waals surface area contributed by atoms with E-state index < -0.39 is 59.8 Å². The highest BCUT2D eigenvalue weighted by Gasteiger charge is 2.57. The lowest BCUT2D eigenvalue weighted by atomic mass is 9.89. The van der Waals surface area contributed by atoms with Gasteiger partial charge >= 0.3 is 12.1 Å². The van der Waals surface area contributed by atoms with Gasteiger partial charge < -0.3 is 20.6 Å². The maximum Gasteiger partial charge on any atom is 0.454 e. The summed E-state index contributed by atoms with van der Waals surface area (Å²) < 4.78 is 105. The molecule has 1 fully saturated rings. The second kappa shape index (κ2) is 10.0. The van der Waals surface area contributed by atoms with Crippen LogP contribution in [0.4, 0.5) is 46.5 Å². The van der Waals surface area contributed by atoms with Gasteiger partial charge in [-0.1, -0.05) is 0 Å². The Bertz CT molecular complexity index is 1110. The summed E-state index contributed by atoms with van der Waals surface area (Å²) in [5, 5.41) is 14.7. The fourth-order valence-electron chi connectivity index (χ4n) is 3.38. The topological polar surface area (TPSA) is 64.6 Å². The Morgan fingerprint density at radius 1 is 1.06 bits per heavy atom. The number of β-amino-alcohol motifs (C(OH)–C–C–N with tert-alkyl or cyclic N) is 1. The molecule has 5 nitrogen and oxygen atoms in total. The molecule has 0 atom stereocenters. The number of carbonyl (C=O) groups excluding carboxylic acids is 1. The lowest BCUT2D eigenvalue weighted by Crippen LogP contribution is -2.64. The molecule has 0 bridgehead atoms. The Hall–Kier alpha value is -2.20. The summed E-state index contributed by atoms with van der Waals surface area (Å²) in [6, 6.07) is 5.59. The number of halogens is 9. The molecule has 0 aromatic heterocycles. The summed E-state index contributed by atoms with van der Waals surface area (Å²) in [6.07, 6.45) is -5.96. The van der Waals surface area contributed by atoms with E-state index in [1.165, 1.54) is 12.1 Å². The third kappa shape index (κ3) is 6.14. The Morgan fingerprint density at radius 3 is 2.31 bits per heavy atom. The normalized spacial score (nSPS) is 15.7. The highest BCUT2D eigenvalue weighted by Crippen LogP contribution is 2.35. The van der Waals surface area contributed by atoms with Gasteiger partial charge in [0.05, 0.1) is 36.6 Å². The zero-order valence-corrected chi connectivity index (χ0v) is 19.8. The van der Waals surface area contributed by atoms with Crippen molar-refractivity contribution in [3.8, 4) is 0 Å². The van der Waals surface area contributed by atoms with Gasteiger partial charge in [-0.15, -0.1) is 0 Å². The van der Waals surface area contributed by atoms with Crippen molar-refractivity contribution in [3.05, 3.63) is 56.9 Å². The van der Waals surface area contributed by atoms with Crippen LogP contribution in [-0.4, -0.2) is 59.8 Å². The molecule has 14 heteroatoms. The van der Waals surface area contributed by atoms with Gasteiger partial charge in [0.25, 0.3) is 5.91 Å². The van der Waals surface area contributed by atoms with Crippen LogP contribution in [0.15, 0.2) is 30.3 Å². The SMILES string of the molecule is O=C(c1ccc(F)c(F)c1Nc1ccc(I)cc1F)N1CC(O)(CCNCC(F)(F)C(F)(F)F)C1. The van der Waals surface area contributed by atoms with Crippen LogP contribution in [0.3, 0.4) is 0 Å². The van der Waals surface area contributed by atoms with Gasteiger partial charge in [0.1, 0.15) is 11.4 Å². The van der Waals surface area contributed by atoms with Crippen molar-refractivity contribution in [3.63, 3.8) is 0 Å². The van der Waals surface area contributed by atoms with Crippen LogP contribution in [0.25, 0.3) is 0 Å². The molecule has 192 valence electrons. The first kappa shape index (κ1) is 27.4. The summed E-state index contributed by atoms with van der Waals surface area (Å²) in [4.78, 5) is 13.9. The third-order valence-electron chi connectivity index (χ3n) is 5.30. The quantitative estimate of drug-likeness (QED) is 0.225. The highest BCUT2D eigenvalue weighted by atomic mass is 127. The van der Waals surface area contributed by atoms with E-state index in [2.05, 4.69) is 5.32 Å². The Balaban J connectivity index is 1.65. The van der Waals surface area contributed by atoms with Crippen LogP contribution in [-0.2, 0) is 0 Å². The predicted molar refractivity (Wildman–Crippen MR) is 118 cm³/mol. The van der Waals surface area contributed by atoms with Gasteiger partial charge in [0.2, 0.25) is 0 Å². The van der Waals surface area contributed by atoms with Crippen molar-refractivity contribution in [1.29, 1.82) is 0 Å². The van der Waals surface area contributed by atoms with Crippen LogP contribution in [0.2, 0.25) is 0 Å². The third-order valence-corrected chi connectivity index (χ3v) is 5.97. The number of hydrogen-bond donors (Lipinski definition) is 3. The molecular weight excluding hydrogens is 605 g/mol. The minimum Gasteiger partial charge on any atom is -0.386 e. The summed E-state index contributed by atoms with van der Waals surface area (Å²) in [6.45, 7) is -2.73. The number of benzene rings is 2. The average molecular weight is 623 g/mol. The monoisotopic (exact) mass is 623 g/mol. The van der Waals surface area contributed by atoms with E-state index in [1.807, 2.05) is 27.9 Å². The number of aliphatic hydroxyl groups is 1. The predicted octanol–water partition coefficient (Wildman–Crippen LogP) is 4.82. The number of nitrogens with one attached hydrogen (secondary N) is 2. The first-order valence-corrected chi connectivity index (χ1v) is 11.1. The van der Waals surface area contributed by atoms with E-state index in [9.17, 15) is 45.0 Å². The molecule has 2 aromatic rings. The molecule has 0 unspecified atom stereocenters. The van der Waals surface area contributed by atoms with E-state index in [4.69, 9.17) is 0 Å². The number of rotatable bonds is 8. The zero-order valence-electron chi connectivity index (χ0n) is 17.6. The molecule has 1 aliphatic heterocycles. The number of anilines is 2. The summed E-state index contributed by atoms with van der Waals surface area (Å²) in [5.74, 6) is -9.28. The first-order chi connectivity index (χ1) is 16.1. The molecule has 0 saturated carbocycles. The molecule has 2 aromatic carbocycles.